The number of nitrogens with zero attached hydrogens (tertiary/aromatic N) is 1. The number of hydrogen-bond acceptors (Lipinski definition) is 5. The summed E-state index contributed by atoms with van der Waals surface area (Å²) in [5.74, 6) is 6.26. The molecule has 0 aliphatic carbocycles. The van der Waals surface area contributed by atoms with Gasteiger partial charge in [-0.3, -0.25) is 11.3 Å². The second kappa shape index (κ2) is 5.54. The van der Waals surface area contributed by atoms with Crippen LogP contribution in [0.2, 0.25) is 0 Å². The molecule has 1 aromatic heterocycles. The fraction of sp³-hybridized carbons (Fsp3) is 0.500. The van der Waals surface area contributed by atoms with Crippen LogP contribution >= 0.6 is 11.3 Å². The highest BCUT2D eigenvalue weighted by atomic mass is 32.1. The highest BCUT2D eigenvalue weighted by molar-refractivity contribution is 7.18. The van der Waals surface area contributed by atoms with E-state index in [0.717, 1.165) is 30.0 Å². The largest absolute Gasteiger partial charge is 0.376 e. The maximum absolute atomic E-state index is 5.80. The summed E-state index contributed by atoms with van der Waals surface area (Å²) in [6, 6.07) is 8.36. The molecule has 4 nitrogen and oxygen atoms in total. The van der Waals surface area contributed by atoms with Crippen LogP contribution in [0.3, 0.4) is 0 Å². The molecule has 1 aliphatic rings. The van der Waals surface area contributed by atoms with Crippen molar-refractivity contribution in [3.8, 4) is 0 Å². The summed E-state index contributed by atoms with van der Waals surface area (Å²) >= 11 is 1.74. The number of fused-ring (bicyclic) bond motifs is 1. The first-order valence-corrected chi connectivity index (χ1v) is 7.52. The quantitative estimate of drug-likeness (QED) is 0.663. The van der Waals surface area contributed by atoms with Crippen molar-refractivity contribution in [1.29, 1.82) is 0 Å². The number of hydrogen-bond donors (Lipinski definition) is 2. The standard InChI is InChI=1S/C14H19N3OS/c1-9-6-7-18-14(9)11(17-15)8-13-16-10-4-2-3-5-12(10)19-13/h2-5,9,11,14,17H,6-8,15H2,1H3. The Kier molecular flexibility index (Phi) is 3.79. The number of nitrogens with two attached hydrogens (primary N) is 1. The zero-order chi connectivity index (χ0) is 13.2. The molecule has 0 radical (unpaired) electrons. The number of hydrazine groups is 1. The van der Waals surface area contributed by atoms with Crippen molar-refractivity contribution in [2.24, 2.45) is 11.8 Å². The van der Waals surface area contributed by atoms with Gasteiger partial charge < -0.3 is 4.74 Å². The Morgan fingerprint density at radius 3 is 3.05 bits per heavy atom. The molecule has 3 unspecified atom stereocenters. The number of benzene rings is 1. The van der Waals surface area contributed by atoms with Crippen LogP contribution in [0.25, 0.3) is 10.2 Å². The fourth-order valence-electron chi connectivity index (χ4n) is 2.70. The maximum atomic E-state index is 5.80. The molecular formula is C14H19N3OS. The Labute approximate surface area is 116 Å². The van der Waals surface area contributed by atoms with Crippen molar-refractivity contribution in [3.63, 3.8) is 0 Å². The number of para-hydroxylation sites is 1. The van der Waals surface area contributed by atoms with Crippen molar-refractivity contribution in [1.82, 2.24) is 10.4 Å². The van der Waals surface area contributed by atoms with Crippen LogP contribution in [0.1, 0.15) is 18.4 Å². The average Bonchev–Trinajstić information content (AvgIpc) is 3.01. The lowest BCUT2D eigenvalue weighted by Gasteiger charge is -2.24. The molecule has 2 heterocycles. The Balaban J connectivity index is 1.78. The summed E-state index contributed by atoms with van der Waals surface area (Å²) in [6.07, 6.45) is 2.13. The summed E-state index contributed by atoms with van der Waals surface area (Å²) in [5.41, 5.74) is 3.98. The highest BCUT2D eigenvalue weighted by Crippen LogP contribution is 2.27. The van der Waals surface area contributed by atoms with Gasteiger partial charge in [0, 0.05) is 13.0 Å². The molecule has 3 N–H and O–H groups in total. The van der Waals surface area contributed by atoms with Crippen LogP contribution in [-0.2, 0) is 11.2 Å². The van der Waals surface area contributed by atoms with E-state index in [1.165, 1.54) is 4.70 Å². The Morgan fingerprint density at radius 2 is 2.37 bits per heavy atom. The molecule has 1 aliphatic heterocycles. The molecular weight excluding hydrogens is 258 g/mol. The van der Waals surface area contributed by atoms with Crippen molar-refractivity contribution in [2.45, 2.75) is 31.9 Å². The zero-order valence-electron chi connectivity index (χ0n) is 11.0. The molecule has 1 fully saturated rings. The Hall–Kier alpha value is -1.01. The lowest BCUT2D eigenvalue weighted by Crippen LogP contribution is -2.47. The van der Waals surface area contributed by atoms with Gasteiger partial charge in [-0.05, 0) is 24.5 Å². The van der Waals surface area contributed by atoms with Gasteiger partial charge in [0.25, 0.3) is 0 Å². The molecule has 3 rings (SSSR count). The summed E-state index contributed by atoms with van der Waals surface area (Å²) < 4.78 is 7.03. The zero-order valence-corrected chi connectivity index (χ0v) is 11.8. The number of nitrogens with one attached hydrogen (secondary N) is 1. The third kappa shape index (κ3) is 2.65. The van der Waals surface area contributed by atoms with Gasteiger partial charge in [-0.1, -0.05) is 19.1 Å². The van der Waals surface area contributed by atoms with Crippen molar-refractivity contribution < 1.29 is 4.74 Å². The minimum absolute atomic E-state index is 0.137. The predicted molar refractivity (Wildman–Crippen MR) is 78.0 cm³/mol. The van der Waals surface area contributed by atoms with E-state index in [1.54, 1.807) is 11.3 Å². The van der Waals surface area contributed by atoms with E-state index in [4.69, 9.17) is 10.6 Å². The third-order valence-electron chi connectivity index (χ3n) is 3.79. The first-order valence-electron chi connectivity index (χ1n) is 6.70. The molecule has 0 saturated carbocycles. The maximum Gasteiger partial charge on any atom is 0.0955 e. The Bertz CT molecular complexity index is 523. The van der Waals surface area contributed by atoms with Crippen LogP contribution in [0.15, 0.2) is 24.3 Å². The van der Waals surface area contributed by atoms with Crippen LogP contribution < -0.4 is 11.3 Å². The molecule has 1 saturated heterocycles. The molecule has 5 heteroatoms. The summed E-state index contributed by atoms with van der Waals surface area (Å²) in [4.78, 5) is 4.66. The first kappa shape index (κ1) is 13.0. The minimum atomic E-state index is 0.137. The molecule has 0 spiro atoms. The van der Waals surface area contributed by atoms with Crippen LogP contribution in [0, 0.1) is 5.92 Å². The van der Waals surface area contributed by atoms with Crippen LogP contribution in [0.4, 0.5) is 0 Å². The molecule has 0 amide bonds. The van der Waals surface area contributed by atoms with E-state index in [9.17, 15) is 0 Å². The summed E-state index contributed by atoms with van der Waals surface area (Å²) in [7, 11) is 0. The van der Waals surface area contributed by atoms with Gasteiger partial charge in [-0.2, -0.15) is 0 Å². The monoisotopic (exact) mass is 277 g/mol. The fourth-order valence-corrected chi connectivity index (χ4v) is 3.72. The topological polar surface area (TPSA) is 60.2 Å². The number of rotatable bonds is 4. The second-order valence-corrected chi connectivity index (χ2v) is 6.27. The lowest BCUT2D eigenvalue weighted by molar-refractivity contribution is 0.0610. The molecule has 0 bridgehead atoms. The van der Waals surface area contributed by atoms with Gasteiger partial charge in [0.2, 0.25) is 0 Å². The van der Waals surface area contributed by atoms with Crippen molar-refractivity contribution in [3.05, 3.63) is 29.3 Å². The summed E-state index contributed by atoms with van der Waals surface area (Å²) in [6.45, 7) is 3.06. The van der Waals surface area contributed by atoms with Gasteiger partial charge in [0.05, 0.1) is 27.4 Å². The molecule has 2 aromatic rings. The van der Waals surface area contributed by atoms with Gasteiger partial charge >= 0.3 is 0 Å². The van der Waals surface area contributed by atoms with Gasteiger partial charge in [0.15, 0.2) is 0 Å². The van der Waals surface area contributed by atoms with Gasteiger partial charge in [-0.25, -0.2) is 4.98 Å². The van der Waals surface area contributed by atoms with Crippen LogP contribution in [-0.4, -0.2) is 23.7 Å². The van der Waals surface area contributed by atoms with Crippen molar-refractivity contribution in [2.75, 3.05) is 6.61 Å². The van der Waals surface area contributed by atoms with E-state index in [0.29, 0.717) is 5.92 Å². The van der Waals surface area contributed by atoms with E-state index >= 15 is 0 Å². The molecule has 1 aromatic carbocycles. The highest BCUT2D eigenvalue weighted by Gasteiger charge is 2.32. The third-order valence-corrected chi connectivity index (χ3v) is 4.85. The first-order chi connectivity index (χ1) is 9.28. The van der Waals surface area contributed by atoms with Crippen molar-refractivity contribution >= 4 is 21.6 Å². The summed E-state index contributed by atoms with van der Waals surface area (Å²) in [5, 5.41) is 1.12. The van der Waals surface area contributed by atoms with E-state index < -0.39 is 0 Å². The number of aromatic nitrogens is 1. The second-order valence-electron chi connectivity index (χ2n) is 5.15. The van der Waals surface area contributed by atoms with Crippen LogP contribution in [0.5, 0.6) is 0 Å². The molecule has 102 valence electrons. The smallest absolute Gasteiger partial charge is 0.0955 e. The normalized spacial score (nSPS) is 24.9. The SMILES string of the molecule is CC1CCOC1C(Cc1nc2ccccc2s1)NN. The Morgan fingerprint density at radius 1 is 1.53 bits per heavy atom. The number of thiazole rings is 1. The van der Waals surface area contributed by atoms with E-state index in [2.05, 4.69) is 29.5 Å². The average molecular weight is 277 g/mol. The van der Waals surface area contributed by atoms with E-state index in [1.807, 2.05) is 12.1 Å². The predicted octanol–water partition coefficient (Wildman–Crippen LogP) is 2.10. The van der Waals surface area contributed by atoms with Gasteiger partial charge in [0.1, 0.15) is 0 Å². The molecule has 3 atom stereocenters. The molecule has 19 heavy (non-hydrogen) atoms. The van der Waals surface area contributed by atoms with Gasteiger partial charge in [-0.15, -0.1) is 11.3 Å². The number of ether oxygens (including phenoxy) is 1. The minimum Gasteiger partial charge on any atom is -0.376 e. The van der Waals surface area contributed by atoms with E-state index in [-0.39, 0.29) is 12.1 Å². The lowest BCUT2D eigenvalue weighted by atomic mass is 9.96.